The quantitative estimate of drug-likeness (QED) is 0.536. The predicted octanol–water partition coefficient (Wildman–Crippen LogP) is -0.180. The van der Waals surface area contributed by atoms with Crippen molar-refractivity contribution in [3.05, 3.63) is 29.3 Å². The number of aldehydes is 1. The number of hydrogen-bond acceptors (Lipinski definition) is 4. The number of hydrogen-bond donors (Lipinski definition) is 1. The van der Waals surface area contributed by atoms with Gasteiger partial charge in [-0.1, -0.05) is 18.2 Å². The molecular weight excluding hydrogens is 197 g/mol. The zero-order valence-corrected chi connectivity index (χ0v) is 7.80. The highest BCUT2D eigenvalue weighted by Gasteiger charge is 2.33. The number of nitrogens with two attached hydrogens (primary N) is 1. The normalized spacial score (nSPS) is 13.5. The van der Waals surface area contributed by atoms with E-state index in [1.165, 1.54) is 0 Å². The Morgan fingerprint density at radius 2 is 2.40 bits per heavy atom. The third kappa shape index (κ3) is 1.84. The van der Waals surface area contributed by atoms with Crippen molar-refractivity contribution in [3.63, 3.8) is 0 Å². The zero-order chi connectivity index (χ0) is 10.8. The molecule has 15 heavy (non-hydrogen) atoms. The van der Waals surface area contributed by atoms with Gasteiger partial charge in [-0.15, -0.1) is 0 Å². The van der Waals surface area contributed by atoms with E-state index in [4.69, 9.17) is 15.0 Å². The summed E-state index contributed by atoms with van der Waals surface area (Å²) in [7, 11) is -0.794. The molecule has 0 bridgehead atoms. The standard InChI is InChI=1S/C9H8BNO4/c11-9(13)15-10-8-3-6(4-12)1-2-7(8)5-14-10/h1-4H,5H2,(H2,11,13). The first-order valence-corrected chi connectivity index (χ1v) is 4.36. The van der Waals surface area contributed by atoms with E-state index >= 15 is 0 Å². The van der Waals surface area contributed by atoms with Gasteiger partial charge in [-0.05, 0) is 5.56 Å². The van der Waals surface area contributed by atoms with Crippen LogP contribution in [0.2, 0.25) is 0 Å². The number of primary amides is 1. The summed E-state index contributed by atoms with van der Waals surface area (Å²) in [6, 6.07) is 5.08. The van der Waals surface area contributed by atoms with Crippen LogP contribution in [0.5, 0.6) is 0 Å². The largest absolute Gasteiger partial charge is 0.566 e. The van der Waals surface area contributed by atoms with Crippen molar-refractivity contribution in [2.45, 2.75) is 6.61 Å². The van der Waals surface area contributed by atoms with Crippen molar-refractivity contribution in [1.29, 1.82) is 0 Å². The van der Waals surface area contributed by atoms with Crippen molar-refractivity contribution in [2.75, 3.05) is 0 Å². The van der Waals surface area contributed by atoms with Crippen molar-refractivity contribution in [3.8, 4) is 0 Å². The smallest absolute Gasteiger partial charge is 0.489 e. The molecule has 0 fully saturated rings. The summed E-state index contributed by atoms with van der Waals surface area (Å²) in [5, 5.41) is 0. The third-order valence-corrected chi connectivity index (χ3v) is 2.17. The summed E-state index contributed by atoms with van der Waals surface area (Å²) in [5.41, 5.74) is 6.97. The van der Waals surface area contributed by atoms with Crippen LogP contribution in [0.25, 0.3) is 0 Å². The maximum Gasteiger partial charge on any atom is 0.566 e. The van der Waals surface area contributed by atoms with Crippen LogP contribution in [-0.2, 0) is 15.9 Å². The van der Waals surface area contributed by atoms with Crippen molar-refractivity contribution >= 4 is 25.0 Å². The molecule has 76 valence electrons. The molecule has 0 unspecified atom stereocenters. The lowest BCUT2D eigenvalue weighted by atomic mass is 9.78. The van der Waals surface area contributed by atoms with Crippen molar-refractivity contribution in [1.82, 2.24) is 0 Å². The lowest BCUT2D eigenvalue weighted by molar-refractivity contribution is 0.112. The summed E-state index contributed by atoms with van der Waals surface area (Å²) in [6.07, 6.45) is -0.177. The minimum atomic E-state index is -0.899. The van der Waals surface area contributed by atoms with Crippen LogP contribution in [0.4, 0.5) is 4.79 Å². The van der Waals surface area contributed by atoms with E-state index in [-0.39, 0.29) is 0 Å². The first kappa shape index (κ1) is 9.73. The Labute approximate surface area is 86.3 Å². The number of carbonyl (C=O) groups is 2. The molecule has 0 radical (unpaired) electrons. The first-order chi connectivity index (χ1) is 7.20. The summed E-state index contributed by atoms with van der Waals surface area (Å²) in [4.78, 5) is 21.1. The Hall–Kier alpha value is -1.82. The van der Waals surface area contributed by atoms with Gasteiger partial charge in [0.2, 0.25) is 0 Å². The minimum Gasteiger partial charge on any atom is -0.489 e. The average molecular weight is 205 g/mol. The van der Waals surface area contributed by atoms with Gasteiger partial charge in [0.05, 0.1) is 6.61 Å². The number of carbonyl (C=O) groups excluding carboxylic acids is 2. The summed E-state index contributed by atoms with van der Waals surface area (Å²) >= 11 is 0. The fourth-order valence-corrected chi connectivity index (χ4v) is 1.50. The molecule has 0 aliphatic carbocycles. The van der Waals surface area contributed by atoms with Crippen LogP contribution in [-0.4, -0.2) is 19.5 Å². The predicted molar refractivity (Wildman–Crippen MR) is 52.7 cm³/mol. The number of benzene rings is 1. The Balaban J connectivity index is 2.31. The molecule has 1 aromatic rings. The molecule has 1 aromatic carbocycles. The Morgan fingerprint density at radius 1 is 1.60 bits per heavy atom. The number of rotatable bonds is 2. The van der Waals surface area contributed by atoms with Gasteiger partial charge in [0.25, 0.3) is 0 Å². The molecule has 0 saturated carbocycles. The van der Waals surface area contributed by atoms with Crippen LogP contribution >= 0.6 is 0 Å². The Morgan fingerprint density at radius 3 is 3.07 bits per heavy atom. The molecule has 5 nitrogen and oxygen atoms in total. The van der Waals surface area contributed by atoms with Gasteiger partial charge in [-0.25, -0.2) is 4.79 Å². The van der Waals surface area contributed by atoms with Crippen molar-refractivity contribution in [2.24, 2.45) is 5.73 Å². The van der Waals surface area contributed by atoms with E-state index < -0.39 is 13.2 Å². The van der Waals surface area contributed by atoms with E-state index in [2.05, 4.69) is 0 Å². The molecule has 1 aliphatic rings. The minimum absolute atomic E-state index is 0.354. The molecule has 2 rings (SSSR count). The highest BCUT2D eigenvalue weighted by atomic mass is 16.6. The van der Waals surface area contributed by atoms with Crippen LogP contribution in [0, 0.1) is 0 Å². The SMILES string of the molecule is NC(=O)OB1OCc2ccc(C=O)cc21. The second kappa shape index (κ2) is 3.74. The second-order valence-corrected chi connectivity index (χ2v) is 3.16. The van der Waals surface area contributed by atoms with Gasteiger partial charge >= 0.3 is 13.2 Å². The van der Waals surface area contributed by atoms with E-state index in [9.17, 15) is 9.59 Å². The average Bonchev–Trinajstić information content (AvgIpc) is 2.60. The molecule has 0 saturated heterocycles. The highest BCUT2D eigenvalue weighted by Crippen LogP contribution is 2.12. The number of fused-ring (bicyclic) bond motifs is 1. The maximum absolute atomic E-state index is 10.6. The molecule has 2 N–H and O–H groups in total. The van der Waals surface area contributed by atoms with Crippen LogP contribution in [0.15, 0.2) is 18.2 Å². The molecule has 1 aliphatic heterocycles. The van der Waals surface area contributed by atoms with E-state index in [1.54, 1.807) is 18.2 Å². The molecule has 1 heterocycles. The van der Waals surface area contributed by atoms with Gasteiger partial charge < -0.3 is 15.0 Å². The monoisotopic (exact) mass is 205 g/mol. The summed E-state index contributed by atoms with van der Waals surface area (Å²) in [6.45, 7) is 0.354. The Bertz CT molecular complexity index is 421. The van der Waals surface area contributed by atoms with Gasteiger partial charge in [-0.3, -0.25) is 4.79 Å². The third-order valence-electron chi connectivity index (χ3n) is 2.17. The summed E-state index contributed by atoms with van der Waals surface area (Å²) in [5.74, 6) is 0. The zero-order valence-electron chi connectivity index (χ0n) is 7.80. The molecular formula is C9H8BNO4. The number of amides is 1. The van der Waals surface area contributed by atoms with E-state index in [0.29, 0.717) is 17.6 Å². The Kier molecular flexibility index (Phi) is 2.43. The molecule has 0 atom stereocenters. The second-order valence-electron chi connectivity index (χ2n) is 3.16. The highest BCUT2D eigenvalue weighted by molar-refractivity contribution is 6.64. The topological polar surface area (TPSA) is 78.6 Å². The fraction of sp³-hybridized carbons (Fsp3) is 0.111. The first-order valence-electron chi connectivity index (χ1n) is 4.36. The van der Waals surface area contributed by atoms with Crippen LogP contribution in [0.3, 0.4) is 0 Å². The van der Waals surface area contributed by atoms with Crippen LogP contribution in [0.1, 0.15) is 15.9 Å². The molecule has 0 aromatic heterocycles. The maximum atomic E-state index is 10.6. The fourth-order valence-electron chi connectivity index (χ4n) is 1.50. The van der Waals surface area contributed by atoms with Gasteiger partial charge in [0.15, 0.2) is 0 Å². The van der Waals surface area contributed by atoms with Gasteiger partial charge in [0, 0.05) is 11.0 Å². The molecule has 0 spiro atoms. The lowest BCUT2D eigenvalue weighted by Crippen LogP contribution is -2.36. The van der Waals surface area contributed by atoms with Crippen LogP contribution < -0.4 is 11.2 Å². The molecule has 1 amide bonds. The molecule has 6 heteroatoms. The summed E-state index contributed by atoms with van der Waals surface area (Å²) < 4.78 is 9.93. The van der Waals surface area contributed by atoms with E-state index in [0.717, 1.165) is 11.8 Å². The van der Waals surface area contributed by atoms with Gasteiger partial charge in [-0.2, -0.15) is 0 Å². The van der Waals surface area contributed by atoms with Gasteiger partial charge in [0.1, 0.15) is 6.29 Å². The lowest BCUT2D eigenvalue weighted by Gasteiger charge is -2.05. The van der Waals surface area contributed by atoms with Crippen molar-refractivity contribution < 1.29 is 18.9 Å². The van der Waals surface area contributed by atoms with E-state index in [1.807, 2.05) is 0 Å².